The van der Waals surface area contributed by atoms with Gasteiger partial charge in [-0.1, -0.05) is 12.1 Å². The largest absolute Gasteiger partial charge is 0.495 e. The number of hydrogen-bond donors (Lipinski definition) is 1. The highest BCUT2D eigenvalue weighted by Gasteiger charge is 2.07. The predicted octanol–water partition coefficient (Wildman–Crippen LogP) is 0.658. The van der Waals surface area contributed by atoms with Crippen molar-refractivity contribution < 1.29 is 13.2 Å². The molecule has 13 heavy (non-hydrogen) atoms. The first kappa shape index (κ1) is 9.85. The van der Waals surface area contributed by atoms with E-state index < -0.39 is 10.9 Å². The summed E-state index contributed by atoms with van der Waals surface area (Å²) in [4.78, 5) is 0. The van der Waals surface area contributed by atoms with E-state index in [4.69, 9.17) is 4.74 Å². The van der Waals surface area contributed by atoms with Crippen LogP contribution < -0.4 is 9.04 Å². The Kier molecular flexibility index (Phi) is 3.13. The van der Waals surface area contributed by atoms with Gasteiger partial charge >= 0.3 is 0 Å². The molecular formula is C8H11NO3S. The molecule has 0 radical (unpaired) electrons. The van der Waals surface area contributed by atoms with Gasteiger partial charge in [-0.15, -0.1) is 0 Å². The fraction of sp³-hybridized carbons (Fsp3) is 0.250. The van der Waals surface area contributed by atoms with Crippen LogP contribution in [0.15, 0.2) is 24.3 Å². The van der Waals surface area contributed by atoms with Crippen LogP contribution in [0.4, 0.5) is 5.69 Å². The Balaban J connectivity index is 3.12. The summed E-state index contributed by atoms with van der Waals surface area (Å²) < 4.78 is 27.5. The summed E-state index contributed by atoms with van der Waals surface area (Å²) in [6.45, 7) is 0. The zero-order chi connectivity index (χ0) is 9.84. The number of para-hydroxylation sites is 2. The zero-order valence-electron chi connectivity index (χ0n) is 7.43. The highest BCUT2D eigenvalue weighted by atomic mass is 32.2. The Morgan fingerprint density at radius 1 is 1.31 bits per heavy atom. The molecule has 0 atom stereocenters. The van der Waals surface area contributed by atoms with Crippen LogP contribution in [0.1, 0.15) is 0 Å². The molecule has 5 heteroatoms. The molecule has 0 aromatic heterocycles. The first-order chi connectivity index (χ1) is 6.16. The smallest absolute Gasteiger partial charge is 0.224 e. The minimum atomic E-state index is -2.61. The van der Waals surface area contributed by atoms with Crippen LogP contribution >= 0.6 is 0 Å². The lowest BCUT2D eigenvalue weighted by molar-refractivity contribution is 0.416. The van der Waals surface area contributed by atoms with Crippen LogP contribution in [0, 0.1) is 0 Å². The summed E-state index contributed by atoms with van der Waals surface area (Å²) >= 11 is 0. The van der Waals surface area contributed by atoms with Gasteiger partial charge in [0.05, 0.1) is 12.8 Å². The van der Waals surface area contributed by atoms with Crippen molar-refractivity contribution in [1.82, 2.24) is 0 Å². The van der Waals surface area contributed by atoms with Crippen molar-refractivity contribution in [1.29, 1.82) is 0 Å². The van der Waals surface area contributed by atoms with E-state index in [2.05, 4.69) is 0 Å². The highest BCUT2D eigenvalue weighted by Crippen LogP contribution is 2.26. The summed E-state index contributed by atoms with van der Waals surface area (Å²) in [7, 11) is 0.374. The molecule has 0 aliphatic carbocycles. The number of nitrogens with zero attached hydrogens (tertiary/aromatic N) is 1. The molecule has 0 heterocycles. The molecule has 4 nitrogen and oxygen atoms in total. The second-order valence-corrected chi connectivity index (χ2v) is 3.51. The summed E-state index contributed by atoms with van der Waals surface area (Å²) in [5, 5.41) is 0. The van der Waals surface area contributed by atoms with Crippen molar-refractivity contribution in [3.05, 3.63) is 24.3 Å². The maximum atomic E-state index is 10.7. The maximum absolute atomic E-state index is 10.7. The molecule has 0 aliphatic rings. The van der Waals surface area contributed by atoms with E-state index in [0.717, 1.165) is 4.31 Å². The summed E-state index contributed by atoms with van der Waals surface area (Å²) in [6.07, 6.45) is 0. The minimum absolute atomic E-state index is 0.543. The van der Waals surface area contributed by atoms with Crippen LogP contribution in [-0.2, 0) is 10.9 Å². The van der Waals surface area contributed by atoms with E-state index in [9.17, 15) is 8.42 Å². The molecule has 72 valence electrons. The quantitative estimate of drug-likeness (QED) is 0.731. The monoisotopic (exact) mass is 201 g/mol. The van der Waals surface area contributed by atoms with Crippen molar-refractivity contribution in [2.45, 2.75) is 0 Å². The Morgan fingerprint density at radius 2 is 1.92 bits per heavy atom. The van der Waals surface area contributed by atoms with E-state index in [1.54, 1.807) is 24.3 Å². The lowest BCUT2D eigenvalue weighted by Gasteiger charge is -2.14. The summed E-state index contributed by atoms with van der Waals surface area (Å²) in [5.41, 5.74) is 0.543. The third-order valence-electron chi connectivity index (χ3n) is 1.68. The molecule has 0 N–H and O–H groups in total. The fourth-order valence-electron chi connectivity index (χ4n) is 0.985. The van der Waals surface area contributed by atoms with Crippen molar-refractivity contribution in [3.63, 3.8) is 0 Å². The maximum Gasteiger partial charge on any atom is 0.224 e. The van der Waals surface area contributed by atoms with E-state index in [0.29, 0.717) is 11.4 Å². The van der Waals surface area contributed by atoms with Gasteiger partial charge in [-0.05, 0) is 12.1 Å². The molecule has 0 bridgehead atoms. The molecule has 0 spiro atoms. The van der Waals surface area contributed by atoms with Crippen LogP contribution in [0.25, 0.3) is 0 Å². The molecular weight excluding hydrogens is 190 g/mol. The molecule has 0 saturated heterocycles. The molecule has 0 aliphatic heterocycles. The van der Waals surface area contributed by atoms with Crippen molar-refractivity contribution in [2.24, 2.45) is 0 Å². The number of benzene rings is 1. The topological polar surface area (TPSA) is 46.6 Å². The molecule has 1 rings (SSSR count). The minimum Gasteiger partial charge on any atom is -0.495 e. The average molecular weight is 201 g/mol. The number of anilines is 1. The van der Waals surface area contributed by atoms with Gasteiger partial charge in [0.2, 0.25) is 10.9 Å². The number of thiol groups is 1. The van der Waals surface area contributed by atoms with Crippen molar-refractivity contribution >= 4 is 16.6 Å². The Morgan fingerprint density at radius 3 is 2.46 bits per heavy atom. The van der Waals surface area contributed by atoms with E-state index >= 15 is 0 Å². The molecule has 0 fully saturated rings. The van der Waals surface area contributed by atoms with Gasteiger partial charge in [-0.25, -0.2) is 8.42 Å². The third kappa shape index (κ3) is 2.12. The fourth-order valence-corrected chi connectivity index (χ4v) is 1.33. The van der Waals surface area contributed by atoms with Gasteiger partial charge in [0.1, 0.15) is 5.75 Å². The van der Waals surface area contributed by atoms with E-state index in [1.807, 2.05) is 0 Å². The highest BCUT2D eigenvalue weighted by molar-refractivity contribution is 7.74. The van der Waals surface area contributed by atoms with Crippen molar-refractivity contribution in [2.75, 3.05) is 18.5 Å². The van der Waals surface area contributed by atoms with Crippen LogP contribution in [0.3, 0.4) is 0 Å². The van der Waals surface area contributed by atoms with Crippen LogP contribution in [-0.4, -0.2) is 22.6 Å². The second-order valence-electron chi connectivity index (χ2n) is 2.43. The Bertz CT molecular complexity index is 354. The first-order valence-corrected chi connectivity index (χ1v) is 4.81. The number of hydrogen-bond acceptors (Lipinski definition) is 3. The number of rotatable bonds is 3. The third-order valence-corrected chi connectivity index (χ3v) is 2.38. The molecule has 0 unspecified atom stereocenters. The predicted molar refractivity (Wildman–Crippen MR) is 51.7 cm³/mol. The van der Waals surface area contributed by atoms with Gasteiger partial charge < -0.3 is 4.74 Å². The first-order valence-electron chi connectivity index (χ1n) is 3.68. The van der Waals surface area contributed by atoms with E-state index in [-0.39, 0.29) is 0 Å². The molecule has 0 saturated carbocycles. The summed E-state index contributed by atoms with van der Waals surface area (Å²) in [5.74, 6) is 0.546. The molecule has 0 amide bonds. The van der Waals surface area contributed by atoms with Crippen molar-refractivity contribution in [3.8, 4) is 5.75 Å². The van der Waals surface area contributed by atoms with Gasteiger partial charge in [0, 0.05) is 7.05 Å². The lowest BCUT2D eigenvalue weighted by atomic mass is 10.3. The lowest BCUT2D eigenvalue weighted by Crippen LogP contribution is -2.14. The number of methoxy groups -OCH3 is 1. The van der Waals surface area contributed by atoms with Crippen LogP contribution in [0.2, 0.25) is 0 Å². The van der Waals surface area contributed by atoms with Gasteiger partial charge in [-0.2, -0.15) is 0 Å². The van der Waals surface area contributed by atoms with E-state index in [1.165, 1.54) is 14.2 Å². The molecule has 1 aromatic rings. The second kappa shape index (κ2) is 4.13. The van der Waals surface area contributed by atoms with Gasteiger partial charge in [0.25, 0.3) is 0 Å². The molecule has 1 aromatic carbocycles. The number of ether oxygens (including phenoxy) is 1. The Hall–Kier alpha value is -1.23. The normalized spacial score (nSPS) is 10.1. The van der Waals surface area contributed by atoms with Gasteiger partial charge in [-0.3, -0.25) is 4.31 Å². The van der Waals surface area contributed by atoms with Crippen LogP contribution in [0.5, 0.6) is 5.75 Å². The average Bonchev–Trinajstić information content (AvgIpc) is 2.16. The van der Waals surface area contributed by atoms with Gasteiger partial charge in [0.15, 0.2) is 0 Å². The SMILES string of the molecule is COc1ccccc1N(C)[SH](=O)=O. The standard InChI is InChI=1S/C8H11NO3S/c1-9(13(10)11)7-5-3-4-6-8(7)12-2/h3-6,13H,1-2H3. The summed E-state index contributed by atoms with van der Waals surface area (Å²) in [6, 6.07) is 6.94. The zero-order valence-corrected chi connectivity index (χ0v) is 8.32. The Labute approximate surface area is 78.8 Å².